The smallest absolute Gasteiger partial charge is 0.379 e. The molecule has 1 aliphatic rings. The zero-order valence-corrected chi connectivity index (χ0v) is 20.7. The van der Waals surface area contributed by atoms with Gasteiger partial charge in [0, 0.05) is 12.7 Å². The molecule has 36 heavy (non-hydrogen) atoms. The van der Waals surface area contributed by atoms with Gasteiger partial charge >= 0.3 is 6.18 Å². The molecule has 1 saturated carbocycles. The van der Waals surface area contributed by atoms with Crippen LogP contribution in [0.2, 0.25) is 0 Å². The summed E-state index contributed by atoms with van der Waals surface area (Å²) in [7, 11) is -2.59. The second-order valence-corrected chi connectivity index (χ2v) is 10.3. The first-order valence-corrected chi connectivity index (χ1v) is 13.0. The predicted molar refractivity (Wildman–Crippen MR) is 131 cm³/mol. The molecule has 0 bridgehead atoms. The average molecular weight is 521 g/mol. The van der Waals surface area contributed by atoms with Gasteiger partial charge in [-0.1, -0.05) is 43.2 Å². The third-order valence-corrected chi connectivity index (χ3v) is 7.43. The van der Waals surface area contributed by atoms with E-state index in [1.54, 1.807) is 44.4 Å². The van der Waals surface area contributed by atoms with Crippen LogP contribution in [0.25, 0.3) is 11.3 Å². The van der Waals surface area contributed by atoms with E-state index >= 15 is 0 Å². The van der Waals surface area contributed by atoms with Gasteiger partial charge in [0.15, 0.2) is 5.03 Å². The molecule has 11 heteroatoms. The number of nitrogens with one attached hydrogen (secondary N) is 2. The Balaban J connectivity index is 1.63. The first kappa shape index (κ1) is 25.9. The summed E-state index contributed by atoms with van der Waals surface area (Å²) in [6, 6.07) is 12.8. The summed E-state index contributed by atoms with van der Waals surface area (Å²) in [5, 5.41) is 2.97. The van der Waals surface area contributed by atoms with Crippen LogP contribution in [-0.2, 0) is 20.9 Å². The van der Waals surface area contributed by atoms with Gasteiger partial charge in [0.2, 0.25) is 0 Å². The van der Waals surface area contributed by atoms with Gasteiger partial charge in [0.05, 0.1) is 23.4 Å². The second kappa shape index (κ2) is 10.4. The molecule has 0 saturated heterocycles. The van der Waals surface area contributed by atoms with Crippen molar-refractivity contribution in [3.8, 4) is 11.3 Å². The third kappa shape index (κ3) is 5.79. The Morgan fingerprint density at radius 2 is 1.69 bits per heavy atom. The van der Waals surface area contributed by atoms with Crippen LogP contribution in [0.1, 0.15) is 36.8 Å². The van der Waals surface area contributed by atoms with Gasteiger partial charge in [-0.25, -0.2) is 9.97 Å². The van der Waals surface area contributed by atoms with Crippen LogP contribution in [0.5, 0.6) is 0 Å². The number of aromatic nitrogens is 2. The summed E-state index contributed by atoms with van der Waals surface area (Å²) in [6.45, 7) is 1.66. The zero-order chi connectivity index (χ0) is 25.9. The topological polar surface area (TPSA) is 93.2 Å². The number of alkyl halides is 3. The normalized spacial score (nSPS) is 18.6. The van der Waals surface area contributed by atoms with Gasteiger partial charge in [-0.2, -0.15) is 21.6 Å². The van der Waals surface area contributed by atoms with E-state index in [4.69, 9.17) is 4.74 Å². The summed E-state index contributed by atoms with van der Waals surface area (Å²) in [5.74, 6) is 0.126. The molecule has 2 aromatic heterocycles. The molecule has 3 aromatic rings. The van der Waals surface area contributed by atoms with Crippen LogP contribution < -0.4 is 10.0 Å². The molecule has 0 amide bonds. The summed E-state index contributed by atoms with van der Waals surface area (Å²) < 4.78 is 75.0. The standard InChI is InChI=1S/C25H27F3N4O3S/c1-16-8-3-4-9-17(16)24-18(25(26,27)28)14-15-22(31-24)32-36(33,34)23-13-7-12-21(30-23)29-19-10-5-6-11-20(19)35-2/h3-4,7-9,12-15,19-20H,5-6,10-11H2,1-2H3,(H,29,30)(H,31,32)/t19-,20+/m1/s1. The molecule has 192 valence electrons. The van der Waals surface area contributed by atoms with Gasteiger partial charge in [-0.3, -0.25) is 4.72 Å². The lowest BCUT2D eigenvalue weighted by Crippen LogP contribution is -2.38. The molecule has 1 aromatic carbocycles. The minimum absolute atomic E-state index is 0.00425. The fourth-order valence-electron chi connectivity index (χ4n) is 4.36. The quantitative estimate of drug-likeness (QED) is 0.419. The summed E-state index contributed by atoms with van der Waals surface area (Å²) in [4.78, 5) is 8.28. The van der Waals surface area contributed by atoms with E-state index in [1.165, 1.54) is 12.1 Å². The van der Waals surface area contributed by atoms with Crippen molar-refractivity contribution in [1.29, 1.82) is 0 Å². The van der Waals surface area contributed by atoms with Crippen LogP contribution >= 0.6 is 0 Å². The van der Waals surface area contributed by atoms with Crippen LogP contribution in [0, 0.1) is 6.92 Å². The largest absolute Gasteiger partial charge is 0.418 e. The van der Waals surface area contributed by atoms with Gasteiger partial charge in [0.1, 0.15) is 11.6 Å². The number of aryl methyl sites for hydroxylation is 1. The van der Waals surface area contributed by atoms with Crippen LogP contribution in [0.15, 0.2) is 59.6 Å². The van der Waals surface area contributed by atoms with Crippen molar-refractivity contribution in [2.45, 2.75) is 56.0 Å². The number of benzene rings is 1. The highest BCUT2D eigenvalue weighted by molar-refractivity contribution is 7.92. The minimum atomic E-state index is -4.66. The van der Waals surface area contributed by atoms with E-state index in [0.717, 1.165) is 37.8 Å². The Bertz CT molecular complexity index is 1330. The highest BCUT2D eigenvalue weighted by atomic mass is 32.2. The molecular formula is C25H27F3N4O3S. The SMILES string of the molecule is CO[C@H]1CCCC[C@H]1Nc1cccc(S(=O)(=O)Nc2ccc(C(F)(F)F)c(-c3ccccc3C)n2)n1. The van der Waals surface area contributed by atoms with E-state index in [-0.39, 0.29) is 34.2 Å². The van der Waals surface area contributed by atoms with Crippen LogP contribution in [0.3, 0.4) is 0 Å². The highest BCUT2D eigenvalue weighted by Gasteiger charge is 2.35. The van der Waals surface area contributed by atoms with E-state index in [1.807, 2.05) is 0 Å². The van der Waals surface area contributed by atoms with E-state index < -0.39 is 21.8 Å². The number of pyridine rings is 2. The summed E-state index contributed by atoms with van der Waals surface area (Å²) in [6.07, 6.45) is -0.811. The van der Waals surface area contributed by atoms with Gasteiger partial charge in [-0.15, -0.1) is 0 Å². The van der Waals surface area contributed by atoms with E-state index in [2.05, 4.69) is 20.0 Å². The molecule has 0 unspecified atom stereocenters. The van der Waals surface area contributed by atoms with Crippen molar-refractivity contribution < 1.29 is 26.3 Å². The number of ether oxygens (including phenoxy) is 1. The Morgan fingerprint density at radius 1 is 0.944 bits per heavy atom. The predicted octanol–water partition coefficient (Wildman–Crippen LogP) is 5.64. The molecule has 7 nitrogen and oxygen atoms in total. The third-order valence-electron chi connectivity index (χ3n) is 6.18. The fraction of sp³-hybridized carbons (Fsp3) is 0.360. The Morgan fingerprint density at radius 3 is 2.42 bits per heavy atom. The monoisotopic (exact) mass is 520 g/mol. The molecule has 0 aliphatic heterocycles. The molecule has 0 spiro atoms. The van der Waals surface area contributed by atoms with Crippen molar-refractivity contribution in [3.63, 3.8) is 0 Å². The molecular weight excluding hydrogens is 493 g/mol. The molecule has 0 radical (unpaired) electrons. The Labute approximate surface area is 208 Å². The fourth-order valence-corrected chi connectivity index (χ4v) is 5.33. The number of hydrogen-bond donors (Lipinski definition) is 2. The molecule has 2 atom stereocenters. The van der Waals surface area contributed by atoms with Gasteiger partial charge in [-0.05, 0) is 49.6 Å². The van der Waals surface area contributed by atoms with Gasteiger partial charge < -0.3 is 10.1 Å². The number of halogens is 3. The lowest BCUT2D eigenvalue weighted by Gasteiger charge is -2.31. The van der Waals surface area contributed by atoms with Crippen LogP contribution in [0.4, 0.5) is 24.8 Å². The minimum Gasteiger partial charge on any atom is -0.379 e. The van der Waals surface area contributed by atoms with Crippen molar-refractivity contribution in [2.24, 2.45) is 0 Å². The lowest BCUT2D eigenvalue weighted by atomic mass is 9.92. The van der Waals surface area contributed by atoms with E-state index in [0.29, 0.717) is 11.4 Å². The van der Waals surface area contributed by atoms with Crippen LogP contribution in [-0.4, -0.2) is 37.6 Å². The molecule has 1 aliphatic carbocycles. The molecule has 2 heterocycles. The summed E-state index contributed by atoms with van der Waals surface area (Å²) in [5.41, 5.74) is -0.472. The maximum absolute atomic E-state index is 13.7. The van der Waals surface area contributed by atoms with Crippen molar-refractivity contribution in [1.82, 2.24) is 9.97 Å². The summed E-state index contributed by atoms with van der Waals surface area (Å²) >= 11 is 0. The number of rotatable bonds is 7. The van der Waals surface area contributed by atoms with Crippen molar-refractivity contribution >= 4 is 21.7 Å². The highest BCUT2D eigenvalue weighted by Crippen LogP contribution is 2.38. The number of nitrogens with zero attached hydrogens (tertiary/aromatic N) is 2. The number of hydrogen-bond acceptors (Lipinski definition) is 6. The maximum atomic E-state index is 13.7. The Hall–Kier alpha value is -3.18. The molecule has 1 fully saturated rings. The molecule has 4 rings (SSSR count). The van der Waals surface area contributed by atoms with Gasteiger partial charge in [0.25, 0.3) is 10.0 Å². The molecule has 2 N–H and O–H groups in total. The second-order valence-electron chi connectivity index (χ2n) is 8.68. The Kier molecular flexibility index (Phi) is 7.51. The van der Waals surface area contributed by atoms with Crippen molar-refractivity contribution in [2.75, 3.05) is 17.1 Å². The van der Waals surface area contributed by atoms with Crippen molar-refractivity contribution in [3.05, 3.63) is 65.7 Å². The lowest BCUT2D eigenvalue weighted by molar-refractivity contribution is -0.137. The first-order valence-electron chi connectivity index (χ1n) is 11.5. The first-order chi connectivity index (χ1) is 17.1. The number of sulfonamides is 1. The maximum Gasteiger partial charge on any atom is 0.418 e. The number of anilines is 2. The number of methoxy groups -OCH3 is 1. The zero-order valence-electron chi connectivity index (χ0n) is 19.8. The average Bonchev–Trinajstić information content (AvgIpc) is 2.84. The van der Waals surface area contributed by atoms with E-state index in [9.17, 15) is 21.6 Å².